The van der Waals surface area contributed by atoms with Gasteiger partial charge in [0.15, 0.2) is 5.78 Å². The van der Waals surface area contributed by atoms with E-state index in [9.17, 15) is 9.59 Å². The van der Waals surface area contributed by atoms with Crippen LogP contribution < -0.4 is 4.74 Å². The van der Waals surface area contributed by atoms with Crippen molar-refractivity contribution >= 4 is 22.7 Å². The maximum atomic E-state index is 11.1. The topological polar surface area (TPSA) is 76.7 Å². The molecule has 0 aliphatic heterocycles. The summed E-state index contributed by atoms with van der Waals surface area (Å²) >= 11 is 0. The van der Waals surface area contributed by atoms with Crippen LogP contribution in [0.25, 0.3) is 11.0 Å². The number of rotatable bonds is 5. The molecular weight excluding hydrogens is 260 g/mol. The summed E-state index contributed by atoms with van der Waals surface area (Å²) < 4.78 is 10.9. The summed E-state index contributed by atoms with van der Waals surface area (Å²) in [4.78, 5) is 22.2. The van der Waals surface area contributed by atoms with E-state index < -0.39 is 5.97 Å². The normalized spacial score (nSPS) is 10.8. The summed E-state index contributed by atoms with van der Waals surface area (Å²) in [5, 5.41) is 9.74. The highest BCUT2D eigenvalue weighted by Crippen LogP contribution is 2.36. The number of ether oxygens (including phenoxy) is 1. The predicted octanol–water partition coefficient (Wildman–Crippen LogP) is 2.97. The van der Waals surface area contributed by atoms with E-state index in [4.69, 9.17) is 14.3 Å². The van der Waals surface area contributed by atoms with E-state index >= 15 is 0 Å². The molecular formula is C15H16O5. The molecule has 0 amide bonds. The largest absolute Gasteiger partial charge is 0.485 e. The number of carbonyl (C=O) groups excluding carboxylic acids is 1. The van der Waals surface area contributed by atoms with Crippen molar-refractivity contribution in [1.29, 1.82) is 0 Å². The van der Waals surface area contributed by atoms with Crippen molar-refractivity contribution < 1.29 is 23.8 Å². The summed E-state index contributed by atoms with van der Waals surface area (Å²) in [6.45, 7) is 5.04. The van der Waals surface area contributed by atoms with Gasteiger partial charge in [-0.05, 0) is 31.9 Å². The predicted molar refractivity (Wildman–Crippen MR) is 73.5 cm³/mol. The molecule has 20 heavy (non-hydrogen) atoms. The van der Waals surface area contributed by atoms with Gasteiger partial charge in [0.1, 0.15) is 17.9 Å². The molecule has 0 aliphatic carbocycles. The Kier molecular flexibility index (Phi) is 3.79. The second-order valence-electron chi connectivity index (χ2n) is 4.63. The van der Waals surface area contributed by atoms with Gasteiger partial charge >= 0.3 is 5.97 Å². The number of ketones is 1. The number of Topliss-reactive ketones (excluding diaryl/α,β-unsaturated/α-hetero) is 1. The fraction of sp³-hybridized carbons (Fsp3) is 0.333. The fourth-order valence-corrected chi connectivity index (χ4v) is 2.17. The Balaban J connectivity index is 2.66. The average molecular weight is 276 g/mol. The summed E-state index contributed by atoms with van der Waals surface area (Å²) in [7, 11) is 0. The summed E-state index contributed by atoms with van der Waals surface area (Å²) in [5.41, 5.74) is 1.89. The van der Waals surface area contributed by atoms with Crippen LogP contribution in [0.15, 0.2) is 16.5 Å². The van der Waals surface area contributed by atoms with Gasteiger partial charge in [-0.3, -0.25) is 4.79 Å². The Bertz CT molecular complexity index is 681. The molecule has 1 N–H and O–H groups in total. The standard InChI is InChI=1S/C15H16O5/c1-4-10-5-6-11-12(14(10)19-7-8(2)16)9(3)13(20-11)15(17)18/h5-6H,4,7H2,1-3H3,(H,17,18). The number of aryl methyl sites for hydroxylation is 2. The fourth-order valence-electron chi connectivity index (χ4n) is 2.17. The molecule has 2 aromatic rings. The first-order chi connectivity index (χ1) is 9.45. The quantitative estimate of drug-likeness (QED) is 0.908. The van der Waals surface area contributed by atoms with Gasteiger partial charge in [-0.15, -0.1) is 0 Å². The maximum absolute atomic E-state index is 11.1. The first-order valence-corrected chi connectivity index (χ1v) is 6.36. The molecule has 5 nitrogen and oxygen atoms in total. The molecule has 0 radical (unpaired) electrons. The van der Waals surface area contributed by atoms with E-state index in [0.29, 0.717) is 22.3 Å². The van der Waals surface area contributed by atoms with Crippen LogP contribution in [0.3, 0.4) is 0 Å². The lowest BCUT2D eigenvalue weighted by atomic mass is 10.0. The number of carboxylic acid groups (broad SMARTS) is 1. The van der Waals surface area contributed by atoms with Crippen LogP contribution in [0.4, 0.5) is 0 Å². The van der Waals surface area contributed by atoms with Gasteiger partial charge < -0.3 is 14.3 Å². The van der Waals surface area contributed by atoms with Crippen molar-refractivity contribution in [2.24, 2.45) is 0 Å². The lowest BCUT2D eigenvalue weighted by molar-refractivity contribution is -0.118. The summed E-state index contributed by atoms with van der Waals surface area (Å²) in [5.74, 6) is -0.771. The molecule has 1 aromatic heterocycles. The number of hydrogen-bond donors (Lipinski definition) is 1. The summed E-state index contributed by atoms with van der Waals surface area (Å²) in [6.07, 6.45) is 0.718. The highest BCUT2D eigenvalue weighted by atomic mass is 16.5. The Hall–Kier alpha value is -2.30. The third kappa shape index (κ3) is 2.39. The molecule has 0 spiro atoms. The monoisotopic (exact) mass is 276 g/mol. The zero-order valence-corrected chi connectivity index (χ0v) is 11.6. The minimum Gasteiger partial charge on any atom is -0.485 e. The number of carboxylic acids is 1. The second kappa shape index (κ2) is 5.36. The van der Waals surface area contributed by atoms with E-state index in [1.165, 1.54) is 6.92 Å². The van der Waals surface area contributed by atoms with E-state index in [1.807, 2.05) is 13.0 Å². The lowest BCUT2D eigenvalue weighted by Gasteiger charge is -2.10. The maximum Gasteiger partial charge on any atom is 0.372 e. The third-order valence-electron chi connectivity index (χ3n) is 3.12. The number of carbonyl (C=O) groups is 2. The van der Waals surface area contributed by atoms with E-state index in [-0.39, 0.29) is 18.2 Å². The van der Waals surface area contributed by atoms with Crippen LogP contribution in [-0.4, -0.2) is 23.5 Å². The number of benzene rings is 1. The third-order valence-corrected chi connectivity index (χ3v) is 3.12. The molecule has 0 aliphatic rings. The molecule has 0 unspecified atom stereocenters. The van der Waals surface area contributed by atoms with Crippen LogP contribution in [0.1, 0.15) is 35.5 Å². The molecule has 1 heterocycles. The van der Waals surface area contributed by atoms with E-state index in [1.54, 1.807) is 13.0 Å². The molecule has 2 rings (SSSR count). The Labute approximate surface area is 116 Å². The Morgan fingerprint density at radius 2 is 2.05 bits per heavy atom. The number of hydrogen-bond acceptors (Lipinski definition) is 4. The molecule has 0 atom stereocenters. The highest BCUT2D eigenvalue weighted by molar-refractivity contribution is 5.98. The Morgan fingerprint density at radius 1 is 1.35 bits per heavy atom. The lowest BCUT2D eigenvalue weighted by Crippen LogP contribution is -2.08. The van der Waals surface area contributed by atoms with Crippen molar-refractivity contribution in [2.45, 2.75) is 27.2 Å². The van der Waals surface area contributed by atoms with Crippen molar-refractivity contribution in [3.63, 3.8) is 0 Å². The minimum atomic E-state index is -1.12. The van der Waals surface area contributed by atoms with Crippen molar-refractivity contribution in [3.8, 4) is 5.75 Å². The second-order valence-corrected chi connectivity index (χ2v) is 4.63. The highest BCUT2D eigenvalue weighted by Gasteiger charge is 2.21. The van der Waals surface area contributed by atoms with Crippen molar-refractivity contribution in [2.75, 3.05) is 6.61 Å². The number of aromatic carboxylic acids is 1. The molecule has 0 fully saturated rings. The average Bonchev–Trinajstić information content (AvgIpc) is 2.73. The SMILES string of the molecule is CCc1ccc2oc(C(=O)O)c(C)c2c1OCC(C)=O. The van der Waals surface area contributed by atoms with Gasteiger partial charge in [-0.2, -0.15) is 0 Å². The number of furan rings is 1. The van der Waals surface area contributed by atoms with Gasteiger partial charge in [0, 0.05) is 5.56 Å². The zero-order valence-electron chi connectivity index (χ0n) is 11.6. The molecule has 0 saturated heterocycles. The van der Waals surface area contributed by atoms with Crippen LogP contribution in [0.2, 0.25) is 0 Å². The first kappa shape index (κ1) is 14.1. The van der Waals surface area contributed by atoms with Gasteiger partial charge in [0.05, 0.1) is 5.39 Å². The smallest absolute Gasteiger partial charge is 0.372 e. The van der Waals surface area contributed by atoms with Crippen LogP contribution >= 0.6 is 0 Å². The molecule has 106 valence electrons. The molecule has 1 aromatic carbocycles. The van der Waals surface area contributed by atoms with E-state index in [2.05, 4.69) is 0 Å². The molecule has 0 bridgehead atoms. The van der Waals surface area contributed by atoms with E-state index in [0.717, 1.165) is 12.0 Å². The van der Waals surface area contributed by atoms with Gasteiger partial charge in [0.25, 0.3) is 0 Å². The molecule has 0 saturated carbocycles. The summed E-state index contributed by atoms with van der Waals surface area (Å²) in [6, 6.07) is 3.56. The Morgan fingerprint density at radius 3 is 2.60 bits per heavy atom. The zero-order chi connectivity index (χ0) is 14.9. The van der Waals surface area contributed by atoms with Gasteiger partial charge in [-0.25, -0.2) is 4.79 Å². The van der Waals surface area contributed by atoms with Crippen molar-refractivity contribution in [3.05, 3.63) is 29.0 Å². The van der Waals surface area contributed by atoms with Crippen molar-refractivity contribution in [1.82, 2.24) is 0 Å². The van der Waals surface area contributed by atoms with Gasteiger partial charge in [0.2, 0.25) is 5.76 Å². The molecule has 5 heteroatoms. The van der Waals surface area contributed by atoms with Crippen LogP contribution in [-0.2, 0) is 11.2 Å². The minimum absolute atomic E-state index is 0.0425. The van der Waals surface area contributed by atoms with Gasteiger partial charge in [-0.1, -0.05) is 13.0 Å². The number of fused-ring (bicyclic) bond motifs is 1. The first-order valence-electron chi connectivity index (χ1n) is 6.36. The van der Waals surface area contributed by atoms with Crippen LogP contribution in [0.5, 0.6) is 5.75 Å². The van der Waals surface area contributed by atoms with Crippen LogP contribution in [0, 0.1) is 6.92 Å².